The number of amides is 2. The third kappa shape index (κ3) is 3.78. The number of benzene rings is 1. The van der Waals surface area contributed by atoms with Crippen molar-refractivity contribution in [2.45, 2.75) is 45.1 Å². The van der Waals surface area contributed by atoms with Gasteiger partial charge in [0.2, 0.25) is 5.91 Å². The van der Waals surface area contributed by atoms with Crippen LogP contribution in [-0.4, -0.2) is 36.2 Å². The summed E-state index contributed by atoms with van der Waals surface area (Å²) < 4.78 is 10.6. The van der Waals surface area contributed by atoms with Crippen LogP contribution in [0.2, 0.25) is 0 Å². The number of imide groups is 1. The Kier molecular flexibility index (Phi) is 4.74. The Bertz CT molecular complexity index is 562. The van der Waals surface area contributed by atoms with E-state index in [0.717, 1.165) is 11.3 Å². The van der Waals surface area contributed by atoms with E-state index in [-0.39, 0.29) is 11.8 Å². The van der Waals surface area contributed by atoms with Crippen molar-refractivity contribution in [3.05, 3.63) is 29.8 Å². The third-order valence-corrected chi connectivity index (χ3v) is 3.62. The highest BCUT2D eigenvalue weighted by atomic mass is 16.6. The summed E-state index contributed by atoms with van der Waals surface area (Å²) in [5.74, 6) is 0.657. The molecule has 0 aromatic heterocycles. The Balaban J connectivity index is 2.07. The summed E-state index contributed by atoms with van der Waals surface area (Å²) in [4.78, 5) is 25.5. The first-order valence-electron chi connectivity index (χ1n) is 7.48. The number of methoxy groups -OCH3 is 1. The maximum atomic E-state index is 12.3. The van der Waals surface area contributed by atoms with E-state index in [1.807, 2.05) is 24.3 Å². The Morgan fingerprint density at radius 1 is 1.27 bits per heavy atom. The summed E-state index contributed by atoms with van der Waals surface area (Å²) in [6, 6.07) is 7.70. The summed E-state index contributed by atoms with van der Waals surface area (Å²) >= 11 is 0. The number of carbonyl (C=O) groups is 2. The van der Waals surface area contributed by atoms with E-state index in [9.17, 15) is 9.59 Å². The van der Waals surface area contributed by atoms with Crippen molar-refractivity contribution in [1.29, 1.82) is 0 Å². The van der Waals surface area contributed by atoms with Crippen LogP contribution < -0.4 is 4.74 Å². The molecule has 0 aliphatic carbocycles. The first kappa shape index (κ1) is 16.3. The van der Waals surface area contributed by atoms with E-state index in [1.165, 1.54) is 4.90 Å². The van der Waals surface area contributed by atoms with E-state index in [0.29, 0.717) is 19.4 Å². The molecule has 1 heterocycles. The van der Waals surface area contributed by atoms with E-state index in [2.05, 4.69) is 0 Å². The van der Waals surface area contributed by atoms with Crippen LogP contribution in [0.1, 0.15) is 45.1 Å². The highest BCUT2D eigenvalue weighted by Gasteiger charge is 2.34. The Morgan fingerprint density at radius 3 is 2.55 bits per heavy atom. The molecule has 0 N–H and O–H groups in total. The van der Waals surface area contributed by atoms with Gasteiger partial charge in [-0.25, -0.2) is 9.69 Å². The molecule has 1 aromatic carbocycles. The molecule has 5 nitrogen and oxygen atoms in total. The molecule has 5 heteroatoms. The maximum absolute atomic E-state index is 12.3. The fourth-order valence-corrected chi connectivity index (χ4v) is 2.61. The number of likely N-dealkylation sites (tertiary alicyclic amines) is 1. The van der Waals surface area contributed by atoms with Crippen LogP contribution in [0.15, 0.2) is 24.3 Å². The molecule has 0 spiro atoms. The normalized spacial score (nSPS) is 19.0. The number of piperidine rings is 1. The number of hydrogen-bond acceptors (Lipinski definition) is 4. The highest BCUT2D eigenvalue weighted by molar-refractivity contribution is 5.93. The van der Waals surface area contributed by atoms with Crippen molar-refractivity contribution in [1.82, 2.24) is 4.90 Å². The van der Waals surface area contributed by atoms with Gasteiger partial charge in [-0.05, 0) is 44.7 Å². The number of rotatable bonds is 2. The Hall–Kier alpha value is -2.04. The quantitative estimate of drug-likeness (QED) is 0.841. The first-order chi connectivity index (χ1) is 10.3. The second kappa shape index (κ2) is 6.38. The molecule has 0 bridgehead atoms. The first-order valence-corrected chi connectivity index (χ1v) is 7.48. The van der Waals surface area contributed by atoms with Crippen molar-refractivity contribution in [2.75, 3.05) is 13.7 Å². The molecular weight excluding hydrogens is 282 g/mol. The predicted molar refractivity (Wildman–Crippen MR) is 82.9 cm³/mol. The molecule has 1 aliphatic rings. The van der Waals surface area contributed by atoms with Crippen LogP contribution in [-0.2, 0) is 9.53 Å². The van der Waals surface area contributed by atoms with Gasteiger partial charge in [0.25, 0.3) is 0 Å². The minimum Gasteiger partial charge on any atom is -0.496 e. The van der Waals surface area contributed by atoms with E-state index in [1.54, 1.807) is 27.9 Å². The standard InChI is InChI=1S/C17H23NO4/c1-17(2,3)22-16(20)18-10-9-12(11-15(18)19)13-7-5-6-8-14(13)21-4/h5-8,12H,9-11H2,1-4H3/t12-/m1/s1. The Labute approximate surface area is 131 Å². The molecule has 1 atom stereocenters. The van der Waals surface area contributed by atoms with Gasteiger partial charge >= 0.3 is 6.09 Å². The van der Waals surface area contributed by atoms with Gasteiger partial charge in [-0.3, -0.25) is 4.79 Å². The summed E-state index contributed by atoms with van der Waals surface area (Å²) in [6.07, 6.45) is 0.446. The topological polar surface area (TPSA) is 55.8 Å². The zero-order chi connectivity index (χ0) is 16.3. The third-order valence-electron chi connectivity index (χ3n) is 3.62. The number of hydrogen-bond donors (Lipinski definition) is 0. The lowest BCUT2D eigenvalue weighted by Crippen LogP contribution is -2.45. The smallest absolute Gasteiger partial charge is 0.417 e. The van der Waals surface area contributed by atoms with Gasteiger partial charge < -0.3 is 9.47 Å². The van der Waals surface area contributed by atoms with Crippen LogP contribution in [0.5, 0.6) is 5.75 Å². The monoisotopic (exact) mass is 305 g/mol. The van der Waals surface area contributed by atoms with Crippen LogP contribution in [0.25, 0.3) is 0 Å². The number of carbonyl (C=O) groups excluding carboxylic acids is 2. The predicted octanol–water partition coefficient (Wildman–Crippen LogP) is 3.34. The van der Waals surface area contributed by atoms with Crippen molar-refractivity contribution in [3.8, 4) is 5.75 Å². The van der Waals surface area contributed by atoms with Gasteiger partial charge in [0, 0.05) is 13.0 Å². The lowest BCUT2D eigenvalue weighted by atomic mass is 9.88. The van der Waals surface area contributed by atoms with Gasteiger partial charge in [0.05, 0.1) is 7.11 Å². The lowest BCUT2D eigenvalue weighted by Gasteiger charge is -2.32. The van der Waals surface area contributed by atoms with Gasteiger partial charge in [-0.2, -0.15) is 0 Å². The summed E-state index contributed by atoms with van der Waals surface area (Å²) in [7, 11) is 1.62. The largest absolute Gasteiger partial charge is 0.496 e. The molecule has 2 amide bonds. The molecule has 1 saturated heterocycles. The van der Waals surface area contributed by atoms with Gasteiger partial charge in [-0.15, -0.1) is 0 Å². The van der Waals surface area contributed by atoms with Gasteiger partial charge in [0.1, 0.15) is 11.4 Å². The fourth-order valence-electron chi connectivity index (χ4n) is 2.61. The number of ether oxygens (including phenoxy) is 2. The second-order valence-electron chi connectivity index (χ2n) is 6.46. The average molecular weight is 305 g/mol. The van der Waals surface area contributed by atoms with Crippen LogP contribution >= 0.6 is 0 Å². The second-order valence-corrected chi connectivity index (χ2v) is 6.46. The SMILES string of the molecule is COc1ccccc1[C@@H]1CCN(C(=O)OC(C)(C)C)C(=O)C1. The van der Waals surface area contributed by atoms with Crippen molar-refractivity contribution < 1.29 is 19.1 Å². The molecular formula is C17H23NO4. The van der Waals surface area contributed by atoms with Crippen LogP contribution in [0, 0.1) is 0 Å². The number of para-hydroxylation sites is 1. The van der Waals surface area contributed by atoms with E-state index >= 15 is 0 Å². The average Bonchev–Trinajstić information content (AvgIpc) is 2.45. The highest BCUT2D eigenvalue weighted by Crippen LogP contribution is 2.34. The summed E-state index contributed by atoms with van der Waals surface area (Å²) in [6.45, 7) is 5.74. The fraction of sp³-hybridized carbons (Fsp3) is 0.529. The molecule has 2 rings (SSSR count). The molecule has 1 fully saturated rings. The molecule has 1 aliphatic heterocycles. The minimum atomic E-state index is -0.600. The molecule has 0 unspecified atom stereocenters. The molecule has 1 aromatic rings. The Morgan fingerprint density at radius 2 is 1.95 bits per heavy atom. The molecule has 0 radical (unpaired) electrons. The van der Waals surface area contributed by atoms with Crippen molar-refractivity contribution in [2.24, 2.45) is 0 Å². The zero-order valence-electron chi connectivity index (χ0n) is 13.6. The van der Waals surface area contributed by atoms with Crippen LogP contribution in [0.3, 0.4) is 0 Å². The summed E-state index contributed by atoms with van der Waals surface area (Å²) in [5, 5.41) is 0. The van der Waals surface area contributed by atoms with E-state index in [4.69, 9.17) is 9.47 Å². The lowest BCUT2D eigenvalue weighted by molar-refractivity contribution is -0.132. The molecule has 0 saturated carbocycles. The molecule has 120 valence electrons. The number of nitrogens with zero attached hydrogens (tertiary/aromatic N) is 1. The molecule has 22 heavy (non-hydrogen) atoms. The van der Waals surface area contributed by atoms with E-state index < -0.39 is 11.7 Å². The maximum Gasteiger partial charge on any atom is 0.417 e. The zero-order valence-corrected chi connectivity index (χ0v) is 13.6. The van der Waals surface area contributed by atoms with Crippen molar-refractivity contribution in [3.63, 3.8) is 0 Å². The van der Waals surface area contributed by atoms with Gasteiger partial charge in [-0.1, -0.05) is 18.2 Å². The van der Waals surface area contributed by atoms with Crippen LogP contribution in [0.4, 0.5) is 4.79 Å². The summed E-state index contributed by atoms with van der Waals surface area (Å²) in [5.41, 5.74) is 0.416. The minimum absolute atomic E-state index is 0.0716. The van der Waals surface area contributed by atoms with Crippen molar-refractivity contribution >= 4 is 12.0 Å². The van der Waals surface area contributed by atoms with Gasteiger partial charge in [0.15, 0.2) is 0 Å².